The van der Waals surface area contributed by atoms with Crippen LogP contribution in [-0.4, -0.2) is 9.78 Å². The minimum atomic E-state index is -0.380. The number of benzene rings is 1. The third kappa shape index (κ3) is 2.19. The summed E-state index contributed by atoms with van der Waals surface area (Å²) in [6.45, 7) is 1.81. The van der Waals surface area contributed by atoms with E-state index >= 15 is 0 Å². The number of nitrogens with two attached hydrogens (primary N) is 1. The monoisotopic (exact) mass is 254 g/mol. The lowest BCUT2D eigenvalue weighted by molar-refractivity contribution is 0.628. The predicted molar refractivity (Wildman–Crippen MR) is 67.1 cm³/mol. The highest BCUT2D eigenvalue weighted by molar-refractivity contribution is 6.33. The molecule has 0 aliphatic rings. The van der Waals surface area contributed by atoms with Gasteiger partial charge in [-0.15, -0.1) is 0 Å². The van der Waals surface area contributed by atoms with Crippen LogP contribution in [0.2, 0.25) is 5.02 Å². The first-order valence-corrected chi connectivity index (χ1v) is 5.38. The Balaban J connectivity index is 2.38. The zero-order valence-corrected chi connectivity index (χ0v) is 10.2. The second-order valence-electron chi connectivity index (χ2n) is 3.72. The van der Waals surface area contributed by atoms with Gasteiger partial charge in [0.15, 0.2) is 5.82 Å². The van der Waals surface area contributed by atoms with Gasteiger partial charge in [0.1, 0.15) is 5.82 Å². The fourth-order valence-corrected chi connectivity index (χ4v) is 1.76. The van der Waals surface area contributed by atoms with E-state index in [1.807, 2.05) is 6.92 Å². The van der Waals surface area contributed by atoms with Crippen molar-refractivity contribution in [3.8, 4) is 0 Å². The van der Waals surface area contributed by atoms with Gasteiger partial charge in [0.05, 0.1) is 22.1 Å². The molecule has 0 bridgehead atoms. The van der Waals surface area contributed by atoms with Gasteiger partial charge < -0.3 is 11.1 Å². The van der Waals surface area contributed by atoms with Crippen LogP contribution in [0.1, 0.15) is 5.69 Å². The van der Waals surface area contributed by atoms with E-state index in [1.54, 1.807) is 17.8 Å². The van der Waals surface area contributed by atoms with Gasteiger partial charge in [-0.2, -0.15) is 5.10 Å². The van der Waals surface area contributed by atoms with E-state index in [0.29, 0.717) is 22.2 Å². The molecule has 0 atom stereocenters. The first-order valence-electron chi connectivity index (χ1n) is 5.00. The van der Waals surface area contributed by atoms with Crippen LogP contribution in [0.4, 0.5) is 21.6 Å². The molecule has 1 aromatic carbocycles. The van der Waals surface area contributed by atoms with E-state index in [4.69, 9.17) is 17.3 Å². The molecule has 1 aromatic heterocycles. The number of hydrogen-bond acceptors (Lipinski definition) is 3. The van der Waals surface area contributed by atoms with Crippen molar-refractivity contribution in [3.63, 3.8) is 0 Å². The van der Waals surface area contributed by atoms with Crippen LogP contribution in [0.5, 0.6) is 0 Å². The number of aryl methyl sites for hydroxylation is 2. The molecule has 0 fully saturated rings. The quantitative estimate of drug-likeness (QED) is 0.866. The number of halogens is 2. The summed E-state index contributed by atoms with van der Waals surface area (Å²) in [7, 11) is 1.77. The van der Waals surface area contributed by atoms with Gasteiger partial charge in [0.25, 0.3) is 0 Å². The molecule has 2 rings (SSSR count). The second kappa shape index (κ2) is 4.25. The number of anilines is 3. The average Bonchev–Trinajstić information content (AvgIpc) is 2.48. The summed E-state index contributed by atoms with van der Waals surface area (Å²) in [5, 5.41) is 7.49. The summed E-state index contributed by atoms with van der Waals surface area (Å²) in [4.78, 5) is 0. The Hall–Kier alpha value is -1.75. The Bertz CT molecular complexity index is 565. The molecule has 90 valence electrons. The number of nitrogens with one attached hydrogen (secondary N) is 1. The minimum absolute atomic E-state index is 0.295. The van der Waals surface area contributed by atoms with Crippen molar-refractivity contribution in [2.24, 2.45) is 7.05 Å². The van der Waals surface area contributed by atoms with Gasteiger partial charge in [-0.25, -0.2) is 4.39 Å². The van der Waals surface area contributed by atoms with Crippen molar-refractivity contribution in [1.29, 1.82) is 0 Å². The Morgan fingerprint density at radius 3 is 2.71 bits per heavy atom. The molecule has 0 saturated heterocycles. The first kappa shape index (κ1) is 11.7. The lowest BCUT2D eigenvalue weighted by atomic mass is 10.3. The maximum absolute atomic E-state index is 12.9. The standard InChI is InChI=1S/C11H12ClFN4/c1-6-10(14)11(17(2)16-6)15-9-4-3-7(13)5-8(9)12/h3-5,15H,14H2,1-2H3. The third-order valence-electron chi connectivity index (χ3n) is 2.45. The maximum Gasteiger partial charge on any atom is 0.152 e. The van der Waals surface area contributed by atoms with Crippen LogP contribution in [0.3, 0.4) is 0 Å². The molecule has 0 saturated carbocycles. The number of rotatable bonds is 2. The average molecular weight is 255 g/mol. The SMILES string of the molecule is Cc1nn(C)c(Nc2ccc(F)cc2Cl)c1N. The van der Waals surface area contributed by atoms with Crippen molar-refractivity contribution >= 4 is 28.8 Å². The number of nitrogen functional groups attached to an aromatic ring is 1. The smallest absolute Gasteiger partial charge is 0.152 e. The van der Waals surface area contributed by atoms with Crippen molar-refractivity contribution in [2.45, 2.75) is 6.92 Å². The summed E-state index contributed by atoms with van der Waals surface area (Å²) in [6, 6.07) is 4.12. The molecule has 17 heavy (non-hydrogen) atoms. The van der Waals surface area contributed by atoms with Crippen molar-refractivity contribution in [2.75, 3.05) is 11.1 Å². The Labute approximate surface area is 103 Å². The first-order chi connectivity index (χ1) is 7.99. The molecule has 0 radical (unpaired) electrons. The third-order valence-corrected chi connectivity index (χ3v) is 2.77. The summed E-state index contributed by atoms with van der Waals surface area (Å²) < 4.78 is 14.5. The van der Waals surface area contributed by atoms with Crippen LogP contribution < -0.4 is 11.1 Å². The summed E-state index contributed by atoms with van der Waals surface area (Å²) >= 11 is 5.92. The molecule has 1 heterocycles. The zero-order valence-electron chi connectivity index (χ0n) is 9.46. The Kier molecular flexibility index (Phi) is 2.93. The van der Waals surface area contributed by atoms with E-state index in [0.717, 1.165) is 5.69 Å². The largest absolute Gasteiger partial charge is 0.394 e. The number of nitrogens with zero attached hydrogens (tertiary/aromatic N) is 2. The summed E-state index contributed by atoms with van der Waals surface area (Å²) in [6.07, 6.45) is 0. The molecule has 0 aliphatic heterocycles. The molecule has 6 heteroatoms. The second-order valence-corrected chi connectivity index (χ2v) is 4.13. The summed E-state index contributed by atoms with van der Waals surface area (Å²) in [5.41, 5.74) is 7.73. The fourth-order valence-electron chi connectivity index (χ4n) is 1.54. The van der Waals surface area contributed by atoms with Gasteiger partial charge >= 0.3 is 0 Å². The topological polar surface area (TPSA) is 55.9 Å². The molecular formula is C11H12ClFN4. The normalized spacial score (nSPS) is 10.6. The zero-order chi connectivity index (χ0) is 12.6. The molecule has 3 N–H and O–H groups in total. The molecule has 0 amide bonds. The Morgan fingerprint density at radius 1 is 1.47 bits per heavy atom. The molecule has 0 spiro atoms. The van der Waals surface area contributed by atoms with Crippen molar-refractivity contribution < 1.29 is 4.39 Å². The van der Waals surface area contributed by atoms with Gasteiger partial charge in [-0.1, -0.05) is 11.6 Å². The lowest BCUT2D eigenvalue weighted by Crippen LogP contribution is -2.01. The van der Waals surface area contributed by atoms with E-state index in [2.05, 4.69) is 10.4 Å². The van der Waals surface area contributed by atoms with E-state index in [1.165, 1.54) is 12.1 Å². The van der Waals surface area contributed by atoms with Crippen LogP contribution in [-0.2, 0) is 7.05 Å². The van der Waals surface area contributed by atoms with E-state index < -0.39 is 0 Å². The minimum Gasteiger partial charge on any atom is -0.394 e. The highest BCUT2D eigenvalue weighted by Crippen LogP contribution is 2.29. The van der Waals surface area contributed by atoms with Gasteiger partial charge in [-0.05, 0) is 25.1 Å². The summed E-state index contributed by atoms with van der Waals surface area (Å²) in [5.74, 6) is 0.255. The Morgan fingerprint density at radius 2 is 2.18 bits per heavy atom. The number of hydrogen-bond donors (Lipinski definition) is 2. The molecule has 4 nitrogen and oxygen atoms in total. The molecule has 0 unspecified atom stereocenters. The van der Waals surface area contributed by atoms with Crippen LogP contribution >= 0.6 is 11.6 Å². The van der Waals surface area contributed by atoms with Crippen molar-refractivity contribution in [1.82, 2.24) is 9.78 Å². The molecule has 2 aromatic rings. The van der Waals surface area contributed by atoms with Crippen LogP contribution in [0, 0.1) is 12.7 Å². The van der Waals surface area contributed by atoms with Gasteiger partial charge in [0, 0.05) is 7.05 Å². The van der Waals surface area contributed by atoms with Crippen molar-refractivity contribution in [3.05, 3.63) is 34.7 Å². The number of aromatic nitrogens is 2. The maximum atomic E-state index is 12.9. The van der Waals surface area contributed by atoms with E-state index in [-0.39, 0.29) is 5.82 Å². The fraction of sp³-hybridized carbons (Fsp3) is 0.182. The van der Waals surface area contributed by atoms with Crippen LogP contribution in [0.15, 0.2) is 18.2 Å². The molecular weight excluding hydrogens is 243 g/mol. The van der Waals surface area contributed by atoms with Gasteiger partial charge in [-0.3, -0.25) is 4.68 Å². The van der Waals surface area contributed by atoms with Crippen LogP contribution in [0.25, 0.3) is 0 Å². The highest BCUT2D eigenvalue weighted by atomic mass is 35.5. The molecule has 0 aliphatic carbocycles. The van der Waals surface area contributed by atoms with Gasteiger partial charge in [0.2, 0.25) is 0 Å². The lowest BCUT2D eigenvalue weighted by Gasteiger charge is -2.09. The predicted octanol–water partition coefficient (Wildman–Crippen LogP) is 2.85. The van der Waals surface area contributed by atoms with E-state index in [9.17, 15) is 4.39 Å². The highest BCUT2D eigenvalue weighted by Gasteiger charge is 2.11.